The Bertz CT molecular complexity index is 787. The number of fused-ring (bicyclic) bond motifs is 2. The van der Waals surface area contributed by atoms with Crippen molar-refractivity contribution >= 4 is 0 Å². The molecule has 138 valence electrons. The van der Waals surface area contributed by atoms with Gasteiger partial charge < -0.3 is 19.3 Å². The minimum absolute atomic E-state index is 0.0349. The molecule has 0 radical (unpaired) electrons. The number of aryl methyl sites for hydroxylation is 1. The van der Waals surface area contributed by atoms with E-state index in [4.69, 9.17) is 14.2 Å². The van der Waals surface area contributed by atoms with Crippen molar-refractivity contribution < 1.29 is 19.3 Å². The summed E-state index contributed by atoms with van der Waals surface area (Å²) in [5.74, 6) is 0.0372. The standard InChI is InChI=1S/C22H26O4/c1-14-4-6-16(7-5-14)9-17-10-20-18(11-21(17)24-3)13-25-22(20)12-19(23)8-15(2)26-22/h4-7,10-11,15,19,23H,8-9,12-13H2,1-3H3/t15?,19?,22-/m1/s1. The fourth-order valence-electron chi connectivity index (χ4n) is 4.13. The summed E-state index contributed by atoms with van der Waals surface area (Å²) in [4.78, 5) is 0. The second-order valence-corrected chi connectivity index (χ2v) is 7.55. The molecular formula is C22H26O4. The Morgan fingerprint density at radius 3 is 2.69 bits per heavy atom. The lowest BCUT2D eigenvalue weighted by Crippen LogP contribution is -2.43. The van der Waals surface area contributed by atoms with E-state index in [1.54, 1.807) is 7.11 Å². The van der Waals surface area contributed by atoms with E-state index in [-0.39, 0.29) is 6.10 Å². The molecule has 1 saturated heterocycles. The van der Waals surface area contributed by atoms with Gasteiger partial charge in [0.1, 0.15) is 5.75 Å². The maximum Gasteiger partial charge on any atom is 0.198 e. The van der Waals surface area contributed by atoms with Gasteiger partial charge >= 0.3 is 0 Å². The van der Waals surface area contributed by atoms with E-state index in [1.807, 2.05) is 6.92 Å². The summed E-state index contributed by atoms with van der Waals surface area (Å²) in [5.41, 5.74) is 5.71. The Balaban J connectivity index is 1.72. The highest BCUT2D eigenvalue weighted by Gasteiger charge is 2.47. The first kappa shape index (κ1) is 17.5. The Morgan fingerprint density at radius 2 is 2.00 bits per heavy atom. The molecule has 0 aliphatic carbocycles. The van der Waals surface area contributed by atoms with Crippen LogP contribution >= 0.6 is 0 Å². The number of aliphatic hydroxyl groups is 1. The highest BCUT2D eigenvalue weighted by atomic mass is 16.7. The summed E-state index contributed by atoms with van der Waals surface area (Å²) in [5, 5.41) is 10.3. The molecule has 3 atom stereocenters. The number of ether oxygens (including phenoxy) is 3. The monoisotopic (exact) mass is 354 g/mol. The predicted octanol–water partition coefficient (Wildman–Crippen LogP) is 3.84. The average molecular weight is 354 g/mol. The molecule has 4 heteroatoms. The molecule has 2 aliphatic rings. The Kier molecular flexibility index (Phi) is 4.51. The van der Waals surface area contributed by atoms with Gasteiger partial charge in [0, 0.05) is 18.4 Å². The molecule has 2 heterocycles. The minimum atomic E-state index is -0.833. The van der Waals surface area contributed by atoms with Gasteiger partial charge in [-0.25, -0.2) is 0 Å². The lowest BCUT2D eigenvalue weighted by molar-refractivity contribution is -0.295. The van der Waals surface area contributed by atoms with Gasteiger partial charge in [0.15, 0.2) is 5.79 Å². The topological polar surface area (TPSA) is 47.9 Å². The van der Waals surface area contributed by atoms with Crippen LogP contribution in [-0.4, -0.2) is 24.4 Å². The first-order valence-corrected chi connectivity index (χ1v) is 9.25. The molecule has 1 N–H and O–H groups in total. The molecule has 26 heavy (non-hydrogen) atoms. The van der Waals surface area contributed by atoms with Crippen LogP contribution in [0, 0.1) is 6.92 Å². The summed E-state index contributed by atoms with van der Waals surface area (Å²) < 4.78 is 17.9. The quantitative estimate of drug-likeness (QED) is 0.910. The van der Waals surface area contributed by atoms with E-state index in [1.165, 1.54) is 11.1 Å². The zero-order valence-electron chi connectivity index (χ0n) is 15.6. The first-order valence-electron chi connectivity index (χ1n) is 9.25. The van der Waals surface area contributed by atoms with Crippen molar-refractivity contribution in [3.8, 4) is 5.75 Å². The van der Waals surface area contributed by atoms with Gasteiger partial charge in [0.2, 0.25) is 0 Å². The fraction of sp³-hybridized carbons (Fsp3) is 0.455. The summed E-state index contributed by atoms with van der Waals surface area (Å²) >= 11 is 0. The van der Waals surface area contributed by atoms with Gasteiger partial charge in [-0.1, -0.05) is 29.8 Å². The number of hydrogen-bond acceptors (Lipinski definition) is 4. The van der Waals surface area contributed by atoms with Crippen LogP contribution in [-0.2, 0) is 28.3 Å². The minimum Gasteiger partial charge on any atom is -0.496 e. The van der Waals surface area contributed by atoms with Crippen molar-refractivity contribution in [2.24, 2.45) is 0 Å². The van der Waals surface area contributed by atoms with Crippen LogP contribution in [0.1, 0.15) is 47.6 Å². The smallest absolute Gasteiger partial charge is 0.198 e. The molecule has 4 nitrogen and oxygen atoms in total. The van der Waals surface area contributed by atoms with Crippen molar-refractivity contribution in [3.05, 3.63) is 64.2 Å². The molecule has 2 aromatic rings. The van der Waals surface area contributed by atoms with Gasteiger partial charge in [-0.15, -0.1) is 0 Å². The van der Waals surface area contributed by atoms with Crippen LogP contribution in [0.5, 0.6) is 5.75 Å². The van der Waals surface area contributed by atoms with E-state index in [0.29, 0.717) is 19.4 Å². The summed E-state index contributed by atoms with van der Waals surface area (Å²) in [7, 11) is 1.70. The molecule has 0 saturated carbocycles. The maximum atomic E-state index is 10.3. The molecule has 1 fully saturated rings. The average Bonchev–Trinajstić information content (AvgIpc) is 2.92. The van der Waals surface area contributed by atoms with Crippen LogP contribution in [0.3, 0.4) is 0 Å². The Hall–Kier alpha value is -1.88. The molecule has 2 unspecified atom stereocenters. The highest BCUT2D eigenvalue weighted by Crippen LogP contribution is 2.47. The number of rotatable bonds is 3. The van der Waals surface area contributed by atoms with Crippen molar-refractivity contribution in [2.75, 3.05) is 7.11 Å². The van der Waals surface area contributed by atoms with Gasteiger partial charge in [-0.3, -0.25) is 0 Å². The summed E-state index contributed by atoms with van der Waals surface area (Å²) in [6, 6.07) is 12.8. The molecule has 0 bridgehead atoms. The van der Waals surface area contributed by atoms with Gasteiger partial charge in [-0.2, -0.15) is 0 Å². The van der Waals surface area contributed by atoms with E-state index in [9.17, 15) is 5.11 Å². The zero-order valence-corrected chi connectivity index (χ0v) is 15.6. The maximum absolute atomic E-state index is 10.3. The molecule has 2 aromatic carbocycles. The second-order valence-electron chi connectivity index (χ2n) is 7.55. The number of methoxy groups -OCH3 is 1. The third-order valence-electron chi connectivity index (χ3n) is 5.39. The van der Waals surface area contributed by atoms with Crippen LogP contribution in [0.4, 0.5) is 0 Å². The molecule has 0 amide bonds. The largest absolute Gasteiger partial charge is 0.496 e. The van der Waals surface area contributed by atoms with Gasteiger partial charge in [0.05, 0.1) is 25.9 Å². The first-order chi connectivity index (χ1) is 12.5. The van der Waals surface area contributed by atoms with Crippen molar-refractivity contribution in [3.63, 3.8) is 0 Å². The third kappa shape index (κ3) is 3.13. The Labute approximate surface area is 154 Å². The van der Waals surface area contributed by atoms with Crippen LogP contribution in [0.2, 0.25) is 0 Å². The van der Waals surface area contributed by atoms with E-state index in [0.717, 1.165) is 28.9 Å². The molecule has 2 aliphatic heterocycles. The fourth-order valence-corrected chi connectivity index (χ4v) is 4.13. The van der Waals surface area contributed by atoms with Crippen LogP contribution in [0.25, 0.3) is 0 Å². The van der Waals surface area contributed by atoms with E-state index < -0.39 is 11.9 Å². The molecular weight excluding hydrogens is 328 g/mol. The lowest BCUT2D eigenvalue weighted by atomic mass is 9.89. The van der Waals surface area contributed by atoms with Crippen LogP contribution in [0.15, 0.2) is 36.4 Å². The summed E-state index contributed by atoms with van der Waals surface area (Å²) in [6.45, 7) is 4.56. The lowest BCUT2D eigenvalue weighted by Gasteiger charge is -2.39. The van der Waals surface area contributed by atoms with E-state index in [2.05, 4.69) is 43.3 Å². The van der Waals surface area contributed by atoms with Gasteiger partial charge in [-0.05, 0) is 49.1 Å². The van der Waals surface area contributed by atoms with Gasteiger partial charge in [0.25, 0.3) is 0 Å². The highest BCUT2D eigenvalue weighted by molar-refractivity contribution is 5.48. The van der Waals surface area contributed by atoms with Crippen molar-refractivity contribution in [1.82, 2.24) is 0 Å². The molecule has 4 rings (SSSR count). The third-order valence-corrected chi connectivity index (χ3v) is 5.39. The molecule has 0 aromatic heterocycles. The van der Waals surface area contributed by atoms with Crippen molar-refractivity contribution in [1.29, 1.82) is 0 Å². The number of aliphatic hydroxyl groups excluding tert-OH is 1. The number of benzene rings is 2. The SMILES string of the molecule is COc1cc2c(cc1Cc1ccc(C)cc1)[C@]1(CC(O)CC(C)O1)OC2. The predicted molar refractivity (Wildman–Crippen MR) is 99.2 cm³/mol. The van der Waals surface area contributed by atoms with E-state index >= 15 is 0 Å². The van der Waals surface area contributed by atoms with Crippen molar-refractivity contribution in [2.45, 2.75) is 57.7 Å². The Morgan fingerprint density at radius 1 is 1.23 bits per heavy atom. The normalized spacial score (nSPS) is 27.5. The second kappa shape index (κ2) is 6.69. The molecule has 1 spiro atoms. The zero-order chi connectivity index (χ0) is 18.3. The number of hydrogen-bond donors (Lipinski definition) is 1. The summed E-state index contributed by atoms with van der Waals surface area (Å²) in [6.07, 6.45) is 1.46. The van der Waals surface area contributed by atoms with Crippen LogP contribution < -0.4 is 4.74 Å².